The lowest BCUT2D eigenvalue weighted by Gasteiger charge is -2.06. The van der Waals surface area contributed by atoms with Gasteiger partial charge in [0.2, 0.25) is 0 Å². The minimum absolute atomic E-state index is 0.120. The van der Waals surface area contributed by atoms with Crippen molar-refractivity contribution in [2.45, 2.75) is 33.1 Å². The van der Waals surface area contributed by atoms with Gasteiger partial charge in [-0.15, -0.1) is 0 Å². The number of hydrogen-bond donors (Lipinski definition) is 2. The molecule has 2 N–H and O–H groups in total. The van der Waals surface area contributed by atoms with E-state index in [4.69, 9.17) is 9.52 Å². The number of carboxylic acid groups (broad SMARTS) is 1. The topological polar surface area (TPSA) is 79.5 Å². The highest BCUT2D eigenvalue weighted by Crippen LogP contribution is 2.30. The van der Waals surface area contributed by atoms with E-state index in [-0.39, 0.29) is 12.3 Å². The number of amides is 1. The van der Waals surface area contributed by atoms with Crippen LogP contribution in [0, 0.1) is 13.8 Å². The molecule has 0 aliphatic heterocycles. The van der Waals surface area contributed by atoms with Crippen molar-refractivity contribution in [2.24, 2.45) is 0 Å². The Morgan fingerprint density at radius 1 is 1.13 bits per heavy atom. The molecule has 1 aromatic carbocycles. The molecule has 2 aromatic rings. The molecule has 0 fully saturated rings. The molecule has 122 valence electrons. The molecule has 0 atom stereocenters. The Morgan fingerprint density at radius 2 is 1.83 bits per heavy atom. The molecule has 1 amide bonds. The first-order chi connectivity index (χ1) is 11.0. The summed E-state index contributed by atoms with van der Waals surface area (Å²) in [5.41, 5.74) is 2.23. The summed E-state index contributed by atoms with van der Waals surface area (Å²) in [6.45, 7) is 4.15. The van der Waals surface area contributed by atoms with Gasteiger partial charge in [-0.1, -0.05) is 30.3 Å². The van der Waals surface area contributed by atoms with Gasteiger partial charge in [0.25, 0.3) is 5.91 Å². The first-order valence-electron chi connectivity index (χ1n) is 7.66. The van der Waals surface area contributed by atoms with Gasteiger partial charge in [0.15, 0.2) is 0 Å². The molecule has 5 nitrogen and oxygen atoms in total. The fraction of sp³-hybridized carbons (Fsp3) is 0.333. The van der Waals surface area contributed by atoms with Crippen molar-refractivity contribution in [1.29, 1.82) is 0 Å². The van der Waals surface area contributed by atoms with Crippen LogP contribution in [-0.4, -0.2) is 23.5 Å². The number of benzene rings is 1. The average Bonchev–Trinajstić information content (AvgIpc) is 2.83. The van der Waals surface area contributed by atoms with Gasteiger partial charge >= 0.3 is 5.97 Å². The highest BCUT2D eigenvalue weighted by atomic mass is 16.4. The number of nitrogens with one attached hydrogen (secondary N) is 1. The molecule has 0 unspecified atom stereocenters. The number of aliphatic carboxylic acids is 1. The number of furan rings is 1. The van der Waals surface area contributed by atoms with Gasteiger partial charge in [-0.3, -0.25) is 9.59 Å². The van der Waals surface area contributed by atoms with Gasteiger partial charge in [0, 0.05) is 24.1 Å². The third-order valence-electron chi connectivity index (χ3n) is 3.75. The highest BCUT2D eigenvalue weighted by Gasteiger charge is 2.21. The fourth-order valence-electron chi connectivity index (χ4n) is 2.38. The van der Waals surface area contributed by atoms with Crippen molar-refractivity contribution in [3.8, 4) is 11.3 Å². The summed E-state index contributed by atoms with van der Waals surface area (Å²) in [6, 6.07) is 9.52. The number of rotatable bonds is 7. The Morgan fingerprint density at radius 3 is 2.48 bits per heavy atom. The molecular weight excluding hydrogens is 294 g/mol. The van der Waals surface area contributed by atoms with E-state index in [2.05, 4.69) is 5.32 Å². The van der Waals surface area contributed by atoms with E-state index in [9.17, 15) is 9.59 Å². The van der Waals surface area contributed by atoms with Gasteiger partial charge in [0.1, 0.15) is 11.5 Å². The Bertz CT molecular complexity index is 689. The molecule has 1 aromatic heterocycles. The van der Waals surface area contributed by atoms with Gasteiger partial charge in [-0.05, 0) is 26.7 Å². The van der Waals surface area contributed by atoms with Crippen molar-refractivity contribution >= 4 is 11.9 Å². The summed E-state index contributed by atoms with van der Waals surface area (Å²) in [4.78, 5) is 22.9. The Balaban J connectivity index is 2.09. The van der Waals surface area contributed by atoms with Gasteiger partial charge in [-0.25, -0.2) is 0 Å². The summed E-state index contributed by atoms with van der Waals surface area (Å²) < 4.78 is 5.77. The maximum Gasteiger partial charge on any atom is 0.303 e. The SMILES string of the molecule is Cc1oc(-c2ccccc2)c(C(=O)NCCCCC(=O)O)c1C. The van der Waals surface area contributed by atoms with Crippen LogP contribution in [0.3, 0.4) is 0 Å². The van der Waals surface area contributed by atoms with Gasteiger partial charge < -0.3 is 14.8 Å². The lowest BCUT2D eigenvalue weighted by Crippen LogP contribution is -2.25. The number of aryl methyl sites for hydroxylation is 1. The van der Waals surface area contributed by atoms with E-state index >= 15 is 0 Å². The number of carbonyl (C=O) groups excluding carboxylic acids is 1. The van der Waals surface area contributed by atoms with Crippen molar-refractivity contribution in [3.05, 3.63) is 47.2 Å². The summed E-state index contributed by atoms with van der Waals surface area (Å²) in [6.07, 6.45) is 1.30. The van der Waals surface area contributed by atoms with Crippen LogP contribution in [-0.2, 0) is 4.79 Å². The van der Waals surface area contributed by atoms with Crippen LogP contribution in [0.5, 0.6) is 0 Å². The highest BCUT2D eigenvalue weighted by molar-refractivity contribution is 6.01. The fourth-order valence-corrected chi connectivity index (χ4v) is 2.38. The molecule has 0 aliphatic carbocycles. The predicted molar refractivity (Wildman–Crippen MR) is 87.4 cm³/mol. The van der Waals surface area contributed by atoms with Crippen molar-refractivity contribution in [2.75, 3.05) is 6.54 Å². The van der Waals surface area contributed by atoms with Crippen molar-refractivity contribution in [3.63, 3.8) is 0 Å². The molecule has 0 spiro atoms. The molecule has 0 saturated heterocycles. The Labute approximate surface area is 135 Å². The number of unbranched alkanes of at least 4 members (excludes halogenated alkanes) is 1. The molecule has 2 rings (SSSR count). The molecule has 1 heterocycles. The van der Waals surface area contributed by atoms with E-state index < -0.39 is 5.97 Å². The van der Waals surface area contributed by atoms with Crippen LogP contribution >= 0.6 is 0 Å². The smallest absolute Gasteiger partial charge is 0.303 e. The maximum atomic E-state index is 12.5. The lowest BCUT2D eigenvalue weighted by atomic mass is 10.0. The van der Waals surface area contributed by atoms with Crippen molar-refractivity contribution in [1.82, 2.24) is 5.32 Å². The summed E-state index contributed by atoms with van der Waals surface area (Å²) in [7, 11) is 0. The molecule has 0 bridgehead atoms. The van der Waals surface area contributed by atoms with Crippen LogP contribution in [0.4, 0.5) is 0 Å². The lowest BCUT2D eigenvalue weighted by molar-refractivity contribution is -0.137. The van der Waals surface area contributed by atoms with Gasteiger partial charge in [0.05, 0.1) is 5.56 Å². The standard InChI is InChI=1S/C18H21NO4/c1-12-13(2)23-17(14-8-4-3-5-9-14)16(12)18(22)19-11-7-6-10-15(20)21/h3-5,8-9H,6-7,10-11H2,1-2H3,(H,19,22)(H,20,21). The average molecular weight is 315 g/mol. The van der Waals surface area contributed by atoms with Gasteiger partial charge in [-0.2, -0.15) is 0 Å². The Kier molecular flexibility index (Phi) is 5.57. The zero-order chi connectivity index (χ0) is 16.8. The second kappa shape index (κ2) is 7.63. The third-order valence-corrected chi connectivity index (χ3v) is 3.75. The molecule has 0 aliphatic rings. The summed E-state index contributed by atoms with van der Waals surface area (Å²) >= 11 is 0. The normalized spacial score (nSPS) is 10.5. The van der Waals surface area contributed by atoms with Crippen LogP contribution in [0.15, 0.2) is 34.7 Å². The third kappa shape index (κ3) is 4.22. The van der Waals surface area contributed by atoms with Crippen LogP contribution < -0.4 is 5.32 Å². The van der Waals surface area contributed by atoms with E-state index in [0.29, 0.717) is 30.7 Å². The second-order valence-electron chi connectivity index (χ2n) is 5.46. The zero-order valence-electron chi connectivity index (χ0n) is 13.4. The van der Waals surface area contributed by atoms with Crippen LogP contribution in [0.2, 0.25) is 0 Å². The molecular formula is C18H21NO4. The van der Waals surface area contributed by atoms with Crippen LogP contribution in [0.25, 0.3) is 11.3 Å². The minimum Gasteiger partial charge on any atom is -0.481 e. The molecule has 5 heteroatoms. The van der Waals surface area contributed by atoms with E-state index in [1.165, 1.54) is 0 Å². The van der Waals surface area contributed by atoms with E-state index in [1.54, 1.807) is 0 Å². The van der Waals surface area contributed by atoms with E-state index in [0.717, 1.165) is 16.9 Å². The Hall–Kier alpha value is -2.56. The predicted octanol–water partition coefficient (Wildman–Crippen LogP) is 3.55. The molecule has 0 radical (unpaired) electrons. The summed E-state index contributed by atoms with van der Waals surface area (Å²) in [5.74, 6) is 0.293. The number of hydrogen-bond acceptors (Lipinski definition) is 3. The monoisotopic (exact) mass is 315 g/mol. The number of carbonyl (C=O) groups is 2. The van der Waals surface area contributed by atoms with E-state index in [1.807, 2.05) is 44.2 Å². The minimum atomic E-state index is -0.816. The quantitative estimate of drug-likeness (QED) is 0.766. The zero-order valence-corrected chi connectivity index (χ0v) is 13.4. The second-order valence-corrected chi connectivity index (χ2v) is 5.46. The largest absolute Gasteiger partial charge is 0.481 e. The summed E-state index contributed by atoms with van der Waals surface area (Å²) in [5, 5.41) is 11.4. The van der Waals surface area contributed by atoms with Crippen molar-refractivity contribution < 1.29 is 19.1 Å². The first kappa shape index (κ1) is 16.8. The molecule has 23 heavy (non-hydrogen) atoms. The first-order valence-corrected chi connectivity index (χ1v) is 7.66. The van der Waals surface area contributed by atoms with Crippen LogP contribution in [0.1, 0.15) is 40.9 Å². The number of carboxylic acids is 1. The molecule has 0 saturated carbocycles. The maximum absolute atomic E-state index is 12.5.